The molecule has 100 valence electrons. The van der Waals surface area contributed by atoms with Crippen molar-refractivity contribution >= 4 is 22.9 Å². The Morgan fingerprint density at radius 2 is 2.05 bits per heavy atom. The molecule has 1 aliphatic rings. The summed E-state index contributed by atoms with van der Waals surface area (Å²) in [5.41, 5.74) is 5.55. The van der Waals surface area contributed by atoms with Gasteiger partial charge in [-0.15, -0.1) is 11.3 Å². The fourth-order valence-electron chi connectivity index (χ4n) is 2.68. The van der Waals surface area contributed by atoms with Crippen molar-refractivity contribution in [3.05, 3.63) is 56.2 Å². The van der Waals surface area contributed by atoms with Crippen LogP contribution < -0.4 is 11.3 Å². The Bertz CT molecular complexity index is 556. The molecule has 0 radical (unpaired) electrons. The van der Waals surface area contributed by atoms with Crippen molar-refractivity contribution in [2.45, 2.75) is 31.7 Å². The lowest BCUT2D eigenvalue weighted by atomic mass is 9.98. The van der Waals surface area contributed by atoms with Crippen molar-refractivity contribution in [2.24, 2.45) is 5.84 Å². The Morgan fingerprint density at radius 3 is 2.79 bits per heavy atom. The van der Waals surface area contributed by atoms with E-state index in [9.17, 15) is 0 Å². The minimum Gasteiger partial charge on any atom is -0.271 e. The number of aryl methyl sites for hydroxylation is 2. The van der Waals surface area contributed by atoms with E-state index in [1.807, 2.05) is 29.5 Å². The Balaban J connectivity index is 1.96. The van der Waals surface area contributed by atoms with Gasteiger partial charge in [-0.25, -0.2) is 5.43 Å². The molecule has 0 amide bonds. The summed E-state index contributed by atoms with van der Waals surface area (Å²) in [5, 5.41) is 0.749. The van der Waals surface area contributed by atoms with Crippen molar-refractivity contribution in [3.8, 4) is 0 Å². The minimum atomic E-state index is 0.0364. The monoisotopic (exact) mass is 292 g/mol. The lowest BCUT2D eigenvalue weighted by Gasteiger charge is -2.14. The van der Waals surface area contributed by atoms with E-state index in [4.69, 9.17) is 17.4 Å². The second-order valence-electron chi connectivity index (χ2n) is 4.96. The first kappa shape index (κ1) is 13.1. The molecule has 2 aromatic rings. The van der Waals surface area contributed by atoms with E-state index in [0.717, 1.165) is 10.6 Å². The van der Waals surface area contributed by atoms with Gasteiger partial charge in [-0.1, -0.05) is 23.7 Å². The summed E-state index contributed by atoms with van der Waals surface area (Å²) in [4.78, 5) is 2.82. The van der Waals surface area contributed by atoms with Gasteiger partial charge >= 0.3 is 0 Å². The maximum absolute atomic E-state index is 6.07. The van der Waals surface area contributed by atoms with Gasteiger partial charge in [-0.3, -0.25) is 5.84 Å². The van der Waals surface area contributed by atoms with Gasteiger partial charge in [0.05, 0.1) is 6.04 Å². The molecule has 2 nitrogen and oxygen atoms in total. The largest absolute Gasteiger partial charge is 0.271 e. The van der Waals surface area contributed by atoms with Crippen LogP contribution in [0.2, 0.25) is 5.02 Å². The Morgan fingerprint density at radius 1 is 1.21 bits per heavy atom. The summed E-state index contributed by atoms with van der Waals surface area (Å²) >= 11 is 7.95. The van der Waals surface area contributed by atoms with E-state index in [-0.39, 0.29) is 6.04 Å². The van der Waals surface area contributed by atoms with Crippen LogP contribution in [-0.4, -0.2) is 0 Å². The van der Waals surface area contributed by atoms with Gasteiger partial charge in [0.2, 0.25) is 0 Å². The van der Waals surface area contributed by atoms with Gasteiger partial charge in [0.25, 0.3) is 0 Å². The van der Waals surface area contributed by atoms with Crippen molar-refractivity contribution < 1.29 is 0 Å². The lowest BCUT2D eigenvalue weighted by molar-refractivity contribution is 0.645. The number of hydrazine groups is 1. The minimum absolute atomic E-state index is 0.0364. The zero-order valence-corrected chi connectivity index (χ0v) is 12.2. The summed E-state index contributed by atoms with van der Waals surface area (Å²) in [6, 6.07) is 10.2. The summed E-state index contributed by atoms with van der Waals surface area (Å²) in [7, 11) is 0. The highest BCUT2D eigenvalue weighted by Gasteiger charge is 2.19. The van der Waals surface area contributed by atoms with Crippen LogP contribution >= 0.6 is 22.9 Å². The number of fused-ring (bicyclic) bond motifs is 1. The van der Waals surface area contributed by atoms with Gasteiger partial charge in [0.1, 0.15) is 0 Å². The molecule has 1 aromatic carbocycles. The van der Waals surface area contributed by atoms with Crippen LogP contribution in [0.1, 0.15) is 39.8 Å². The molecule has 19 heavy (non-hydrogen) atoms. The highest BCUT2D eigenvalue weighted by Crippen LogP contribution is 2.35. The fraction of sp³-hybridized carbons (Fsp3) is 0.333. The first-order valence-electron chi connectivity index (χ1n) is 6.61. The van der Waals surface area contributed by atoms with Crippen molar-refractivity contribution in [2.75, 3.05) is 0 Å². The topological polar surface area (TPSA) is 38.0 Å². The third kappa shape index (κ3) is 2.70. The third-order valence-electron chi connectivity index (χ3n) is 3.65. The Hall–Kier alpha value is -0.870. The number of nitrogens with two attached hydrogens (primary N) is 1. The number of thiophene rings is 1. The highest BCUT2D eigenvalue weighted by molar-refractivity contribution is 7.12. The molecule has 0 saturated carbocycles. The van der Waals surface area contributed by atoms with Crippen LogP contribution in [-0.2, 0) is 12.8 Å². The lowest BCUT2D eigenvalue weighted by Crippen LogP contribution is -2.28. The summed E-state index contributed by atoms with van der Waals surface area (Å²) < 4.78 is 0. The van der Waals surface area contributed by atoms with Crippen LogP contribution in [0.5, 0.6) is 0 Å². The molecular formula is C15H17ClN2S. The van der Waals surface area contributed by atoms with Crippen molar-refractivity contribution in [1.82, 2.24) is 5.43 Å². The second-order valence-corrected chi connectivity index (χ2v) is 6.56. The number of hydrogen-bond acceptors (Lipinski definition) is 3. The Labute approximate surface area is 122 Å². The number of benzene rings is 1. The molecular weight excluding hydrogens is 276 g/mol. The molecule has 0 bridgehead atoms. The molecule has 4 heteroatoms. The number of halogens is 1. The molecule has 0 spiro atoms. The predicted octanol–water partition coefficient (Wildman–Crippen LogP) is 3.83. The maximum atomic E-state index is 6.07. The smallest absolute Gasteiger partial charge is 0.0803 e. The van der Waals surface area contributed by atoms with Crippen LogP contribution in [0.15, 0.2) is 30.3 Å². The summed E-state index contributed by atoms with van der Waals surface area (Å²) in [6.45, 7) is 0. The van der Waals surface area contributed by atoms with Crippen LogP contribution in [0, 0.1) is 0 Å². The molecule has 1 aliphatic carbocycles. The van der Waals surface area contributed by atoms with Gasteiger partial charge in [0.15, 0.2) is 0 Å². The predicted molar refractivity (Wildman–Crippen MR) is 81.6 cm³/mol. The third-order valence-corrected chi connectivity index (χ3v) is 5.19. The van der Waals surface area contributed by atoms with E-state index in [1.54, 1.807) is 0 Å². The molecule has 0 aliphatic heterocycles. The van der Waals surface area contributed by atoms with Gasteiger partial charge < -0.3 is 0 Å². The molecule has 3 N–H and O–H groups in total. The van der Waals surface area contributed by atoms with E-state index >= 15 is 0 Å². The number of nitrogens with one attached hydrogen (secondary N) is 1. The molecule has 1 atom stereocenters. The molecule has 1 aromatic heterocycles. The average Bonchev–Trinajstić information content (AvgIpc) is 2.83. The average molecular weight is 293 g/mol. The van der Waals surface area contributed by atoms with E-state index in [0.29, 0.717) is 0 Å². The first-order valence-corrected chi connectivity index (χ1v) is 7.80. The standard InChI is InChI=1S/C15H17ClN2S/c16-12-6-3-5-11(8-12)15(18-17)14-9-10-4-1-2-7-13(10)19-14/h3,5-6,8-9,15,18H,1-2,4,7,17H2. The van der Waals surface area contributed by atoms with Gasteiger partial charge in [-0.05, 0) is 55.0 Å². The highest BCUT2D eigenvalue weighted by atomic mass is 35.5. The molecule has 0 fully saturated rings. The van der Waals surface area contributed by atoms with E-state index in [2.05, 4.69) is 17.6 Å². The van der Waals surface area contributed by atoms with Crippen LogP contribution in [0.3, 0.4) is 0 Å². The molecule has 1 heterocycles. The summed E-state index contributed by atoms with van der Waals surface area (Å²) in [5.74, 6) is 5.76. The number of hydrogen-bond donors (Lipinski definition) is 2. The van der Waals surface area contributed by atoms with Gasteiger partial charge in [0, 0.05) is 14.8 Å². The van der Waals surface area contributed by atoms with Crippen molar-refractivity contribution in [1.29, 1.82) is 0 Å². The SMILES string of the molecule is NNC(c1cccc(Cl)c1)c1cc2c(s1)CCCC2. The first-order chi connectivity index (χ1) is 9.28. The summed E-state index contributed by atoms with van der Waals surface area (Å²) in [6.07, 6.45) is 5.04. The van der Waals surface area contributed by atoms with Crippen LogP contribution in [0.4, 0.5) is 0 Å². The van der Waals surface area contributed by atoms with E-state index < -0.39 is 0 Å². The molecule has 1 unspecified atom stereocenters. The van der Waals surface area contributed by atoms with E-state index in [1.165, 1.54) is 41.0 Å². The Kier molecular flexibility index (Phi) is 3.89. The maximum Gasteiger partial charge on any atom is 0.0803 e. The van der Waals surface area contributed by atoms with Crippen molar-refractivity contribution in [3.63, 3.8) is 0 Å². The fourth-order valence-corrected chi connectivity index (χ4v) is 4.23. The zero-order valence-electron chi connectivity index (χ0n) is 10.7. The second kappa shape index (κ2) is 5.63. The molecule has 3 rings (SSSR count). The molecule has 0 saturated heterocycles. The zero-order chi connectivity index (χ0) is 13.2. The normalized spacial score (nSPS) is 16.1. The van der Waals surface area contributed by atoms with Crippen LogP contribution in [0.25, 0.3) is 0 Å². The van der Waals surface area contributed by atoms with Gasteiger partial charge in [-0.2, -0.15) is 0 Å². The quantitative estimate of drug-likeness (QED) is 0.666. The number of rotatable bonds is 3.